The first kappa shape index (κ1) is 24.9. The van der Waals surface area contributed by atoms with E-state index in [1.165, 1.54) is 12.0 Å². The number of anilines is 1. The van der Waals surface area contributed by atoms with Crippen molar-refractivity contribution in [2.24, 2.45) is 0 Å². The van der Waals surface area contributed by atoms with Crippen LogP contribution >= 0.6 is 0 Å². The van der Waals surface area contributed by atoms with Gasteiger partial charge in [-0.1, -0.05) is 0 Å². The molecule has 0 N–H and O–H groups in total. The Morgan fingerprint density at radius 1 is 0.971 bits per heavy atom. The van der Waals surface area contributed by atoms with Crippen LogP contribution < -0.4 is 4.90 Å². The van der Waals surface area contributed by atoms with E-state index in [-0.39, 0.29) is 38.3 Å². The van der Waals surface area contributed by atoms with Gasteiger partial charge in [0.2, 0.25) is 11.8 Å². The van der Waals surface area contributed by atoms with Crippen molar-refractivity contribution in [2.75, 3.05) is 51.3 Å². The van der Waals surface area contributed by atoms with Gasteiger partial charge in [-0.25, -0.2) is 0 Å². The molecule has 2 fully saturated rings. The third kappa shape index (κ3) is 6.21. The van der Waals surface area contributed by atoms with E-state index in [1.807, 2.05) is 12.1 Å². The van der Waals surface area contributed by atoms with Gasteiger partial charge in [0.15, 0.2) is 0 Å². The number of carbonyl (C=O) groups is 5. The molecule has 12 heteroatoms. The minimum atomic E-state index is -1.16. The van der Waals surface area contributed by atoms with Crippen molar-refractivity contribution in [3.63, 3.8) is 0 Å². The van der Waals surface area contributed by atoms with Gasteiger partial charge in [0.1, 0.15) is 6.04 Å². The number of amides is 3. The first-order valence-corrected chi connectivity index (χ1v) is 11.1. The molecule has 2 aliphatic rings. The molecule has 12 nitrogen and oxygen atoms in total. The van der Waals surface area contributed by atoms with Crippen molar-refractivity contribution >= 4 is 35.3 Å². The summed E-state index contributed by atoms with van der Waals surface area (Å²) in [6.07, 6.45) is 2.98. The number of nitrogens with zero attached hydrogens (tertiary/aromatic N) is 5. The average molecular weight is 476 g/mol. The van der Waals surface area contributed by atoms with E-state index in [1.54, 1.807) is 17.3 Å². The number of ether oxygens (including phenoxy) is 1. The van der Waals surface area contributed by atoms with Crippen LogP contribution in [0.5, 0.6) is 0 Å². The molecule has 0 aromatic carbocycles. The summed E-state index contributed by atoms with van der Waals surface area (Å²) in [6, 6.07) is 2.68. The second-order valence-electron chi connectivity index (χ2n) is 7.98. The summed E-state index contributed by atoms with van der Waals surface area (Å²) in [5.74, 6) is -2.60. The third-order valence-corrected chi connectivity index (χ3v) is 5.81. The Hall–Kier alpha value is -3.70. The van der Waals surface area contributed by atoms with E-state index in [9.17, 15) is 24.0 Å². The van der Waals surface area contributed by atoms with Crippen LogP contribution in [0.1, 0.15) is 26.2 Å². The molecule has 3 heterocycles. The predicted octanol–water partition coefficient (Wildman–Crippen LogP) is -0.409. The number of pyridine rings is 1. The molecular formula is C22H29N5O7. The highest BCUT2D eigenvalue weighted by Crippen LogP contribution is 2.19. The van der Waals surface area contributed by atoms with Crippen LogP contribution in [-0.2, 0) is 33.5 Å². The third-order valence-electron chi connectivity index (χ3n) is 5.81. The Morgan fingerprint density at radius 3 is 2.24 bits per heavy atom. The molecule has 0 unspecified atom stereocenters. The zero-order valence-corrected chi connectivity index (χ0v) is 19.3. The highest BCUT2D eigenvalue weighted by molar-refractivity contribution is 5.93. The lowest BCUT2D eigenvalue weighted by atomic mass is 10.1. The van der Waals surface area contributed by atoms with Crippen LogP contribution in [0.2, 0.25) is 0 Å². The molecule has 184 valence electrons. The summed E-state index contributed by atoms with van der Waals surface area (Å²) in [7, 11) is 1.18. The van der Waals surface area contributed by atoms with E-state index in [2.05, 4.69) is 14.6 Å². The Bertz CT molecular complexity index is 917. The monoisotopic (exact) mass is 475 g/mol. The molecule has 0 bridgehead atoms. The fraction of sp³-hybridized carbons (Fsp3) is 0.545. The van der Waals surface area contributed by atoms with Crippen molar-refractivity contribution in [1.29, 1.82) is 0 Å². The van der Waals surface area contributed by atoms with E-state index in [0.29, 0.717) is 26.2 Å². The summed E-state index contributed by atoms with van der Waals surface area (Å²) in [4.78, 5) is 75.4. The average Bonchev–Trinajstić information content (AvgIpc) is 2.85. The van der Waals surface area contributed by atoms with Crippen molar-refractivity contribution in [3.8, 4) is 0 Å². The van der Waals surface area contributed by atoms with E-state index in [0.717, 1.165) is 17.7 Å². The van der Waals surface area contributed by atoms with Gasteiger partial charge in [0.25, 0.3) is 5.91 Å². The quantitative estimate of drug-likeness (QED) is 0.483. The maximum atomic E-state index is 12.9. The highest BCUT2D eigenvalue weighted by Gasteiger charge is 2.40. The van der Waals surface area contributed by atoms with Gasteiger partial charge >= 0.3 is 11.9 Å². The van der Waals surface area contributed by atoms with Gasteiger partial charge in [-0.05, 0) is 12.1 Å². The van der Waals surface area contributed by atoms with E-state index in [4.69, 9.17) is 4.84 Å². The second kappa shape index (κ2) is 11.4. The molecule has 0 saturated carbocycles. The molecule has 1 aromatic rings. The lowest BCUT2D eigenvalue weighted by molar-refractivity contribution is -0.207. The first-order chi connectivity index (χ1) is 16.3. The zero-order chi connectivity index (χ0) is 24.7. The number of hydrogen-bond donors (Lipinski definition) is 0. The molecule has 1 atom stereocenters. The van der Waals surface area contributed by atoms with Crippen molar-refractivity contribution < 1.29 is 33.5 Å². The van der Waals surface area contributed by atoms with Gasteiger partial charge in [-0.3, -0.25) is 29.0 Å². The molecular weight excluding hydrogens is 446 g/mol. The smallest absolute Gasteiger partial charge is 0.329 e. The molecule has 2 saturated heterocycles. The summed E-state index contributed by atoms with van der Waals surface area (Å²) in [5.41, 5.74) is 1.05. The van der Waals surface area contributed by atoms with Crippen LogP contribution in [0.25, 0.3) is 0 Å². The van der Waals surface area contributed by atoms with Gasteiger partial charge in [0.05, 0.1) is 20.1 Å². The number of rotatable bonds is 7. The maximum Gasteiger partial charge on any atom is 0.329 e. The minimum Gasteiger partial charge on any atom is -0.469 e. The number of hydrogen-bond acceptors (Lipinski definition) is 9. The van der Waals surface area contributed by atoms with E-state index >= 15 is 0 Å². The SMILES string of the molecule is COC(=O)C[C@H]1C(=O)N(OC(C)=O)CCN1C(=O)CCC(=O)N1CCN(c2ccncc2)CC1. The number of hydroxylamine groups is 2. The normalized spacial score (nSPS) is 18.5. The second-order valence-corrected chi connectivity index (χ2v) is 7.98. The van der Waals surface area contributed by atoms with Crippen LogP contribution in [-0.4, -0.2) is 102 Å². The standard InChI is InChI=1S/C22H29N5O7/c1-16(28)34-27-14-13-26(18(22(27)32)15-21(31)33-2)20(30)4-3-19(29)25-11-9-24(10-12-25)17-5-7-23-8-6-17/h5-8,18H,3-4,9-15H2,1-2H3/t18-/m0/s1. The molecule has 0 spiro atoms. The number of carbonyl (C=O) groups excluding carboxylic acids is 5. The van der Waals surface area contributed by atoms with Crippen molar-refractivity contribution in [2.45, 2.75) is 32.2 Å². The van der Waals surface area contributed by atoms with Gasteiger partial charge in [0, 0.05) is 70.6 Å². The van der Waals surface area contributed by atoms with Crippen LogP contribution in [0.3, 0.4) is 0 Å². The van der Waals surface area contributed by atoms with E-state index < -0.39 is 29.8 Å². The summed E-state index contributed by atoms with van der Waals surface area (Å²) in [5, 5.41) is 0.854. The molecule has 34 heavy (non-hydrogen) atoms. The first-order valence-electron chi connectivity index (χ1n) is 11.1. The number of methoxy groups -OCH3 is 1. The molecule has 2 aliphatic heterocycles. The molecule has 1 aromatic heterocycles. The topological polar surface area (TPSA) is 130 Å². The van der Waals surface area contributed by atoms with Crippen molar-refractivity contribution in [3.05, 3.63) is 24.5 Å². The van der Waals surface area contributed by atoms with Gasteiger partial charge in [-0.15, -0.1) is 0 Å². The largest absolute Gasteiger partial charge is 0.469 e. The fourth-order valence-corrected chi connectivity index (χ4v) is 4.03. The fourth-order valence-electron chi connectivity index (χ4n) is 4.03. The number of aromatic nitrogens is 1. The minimum absolute atomic E-state index is 0.00259. The summed E-state index contributed by atoms with van der Waals surface area (Å²) < 4.78 is 4.64. The Labute approximate surface area is 197 Å². The summed E-state index contributed by atoms with van der Waals surface area (Å²) >= 11 is 0. The predicted molar refractivity (Wildman–Crippen MR) is 118 cm³/mol. The van der Waals surface area contributed by atoms with Crippen LogP contribution in [0.4, 0.5) is 5.69 Å². The Kier molecular flexibility index (Phi) is 8.39. The maximum absolute atomic E-state index is 12.9. The number of esters is 1. The molecule has 0 radical (unpaired) electrons. The van der Waals surface area contributed by atoms with Crippen LogP contribution in [0.15, 0.2) is 24.5 Å². The Morgan fingerprint density at radius 2 is 1.62 bits per heavy atom. The van der Waals surface area contributed by atoms with Gasteiger partial charge < -0.3 is 24.3 Å². The lowest BCUT2D eigenvalue weighted by Crippen LogP contribution is -2.59. The molecule has 3 amide bonds. The Balaban J connectivity index is 1.54. The van der Waals surface area contributed by atoms with Crippen molar-refractivity contribution in [1.82, 2.24) is 19.8 Å². The van der Waals surface area contributed by atoms with Gasteiger partial charge in [-0.2, -0.15) is 5.06 Å². The zero-order valence-electron chi connectivity index (χ0n) is 19.3. The summed E-state index contributed by atoms with van der Waals surface area (Å²) in [6.45, 7) is 3.64. The molecule has 3 rings (SSSR count). The highest BCUT2D eigenvalue weighted by atomic mass is 16.7. The lowest BCUT2D eigenvalue weighted by Gasteiger charge is -2.39. The molecule has 0 aliphatic carbocycles. The number of piperazine rings is 2. The van der Waals surface area contributed by atoms with Crippen LogP contribution in [0, 0.1) is 0 Å².